The lowest BCUT2D eigenvalue weighted by Gasteiger charge is -2.31. The number of benzene rings is 1. The SMILES string of the molecule is COc1cc(C2CCN(C(=O)c3ccc(C(F)(F)F)cc3)CC2)on1. The highest BCUT2D eigenvalue weighted by molar-refractivity contribution is 5.94. The third-order valence-corrected chi connectivity index (χ3v) is 4.36. The van der Waals surface area contributed by atoms with Gasteiger partial charge >= 0.3 is 6.18 Å². The molecule has 8 heteroatoms. The molecule has 0 bridgehead atoms. The van der Waals surface area contributed by atoms with E-state index in [1.807, 2.05) is 0 Å². The fourth-order valence-corrected chi connectivity index (χ4v) is 2.91. The number of piperidine rings is 1. The molecule has 1 aromatic carbocycles. The van der Waals surface area contributed by atoms with Crippen LogP contribution >= 0.6 is 0 Å². The molecule has 0 aliphatic carbocycles. The molecule has 1 aromatic heterocycles. The molecule has 2 heterocycles. The van der Waals surface area contributed by atoms with Crippen LogP contribution in [-0.4, -0.2) is 36.2 Å². The number of carbonyl (C=O) groups excluding carboxylic acids is 1. The van der Waals surface area contributed by atoms with E-state index in [2.05, 4.69) is 5.16 Å². The Morgan fingerprint density at radius 1 is 1.24 bits per heavy atom. The number of rotatable bonds is 3. The molecule has 1 aliphatic heterocycles. The van der Waals surface area contributed by atoms with Crippen molar-refractivity contribution in [3.63, 3.8) is 0 Å². The molecular weight excluding hydrogens is 337 g/mol. The van der Waals surface area contributed by atoms with Crippen LogP contribution in [0.2, 0.25) is 0 Å². The lowest BCUT2D eigenvalue weighted by atomic mass is 9.94. The van der Waals surface area contributed by atoms with E-state index in [1.165, 1.54) is 19.2 Å². The van der Waals surface area contributed by atoms with Gasteiger partial charge in [-0.25, -0.2) is 0 Å². The molecule has 0 radical (unpaired) electrons. The third-order valence-electron chi connectivity index (χ3n) is 4.36. The van der Waals surface area contributed by atoms with Gasteiger partial charge in [0, 0.05) is 30.6 Å². The van der Waals surface area contributed by atoms with Gasteiger partial charge in [0.1, 0.15) is 5.76 Å². The van der Waals surface area contributed by atoms with Gasteiger partial charge in [0.05, 0.1) is 12.7 Å². The first-order chi connectivity index (χ1) is 11.9. The standard InChI is InChI=1S/C17H17F3N2O3/c1-24-15-10-14(25-21-15)11-6-8-22(9-7-11)16(23)12-2-4-13(5-3-12)17(18,19)20/h2-5,10-11H,6-9H2,1H3. The summed E-state index contributed by atoms with van der Waals surface area (Å²) in [5.74, 6) is 1.02. The highest BCUT2D eigenvalue weighted by Crippen LogP contribution is 2.31. The molecule has 3 rings (SSSR count). The predicted molar refractivity (Wildman–Crippen MR) is 82.4 cm³/mol. The van der Waals surface area contributed by atoms with Crippen molar-refractivity contribution in [2.45, 2.75) is 24.9 Å². The molecule has 25 heavy (non-hydrogen) atoms. The molecule has 1 aliphatic rings. The van der Waals surface area contributed by atoms with E-state index >= 15 is 0 Å². The second-order valence-corrected chi connectivity index (χ2v) is 5.91. The first kappa shape index (κ1) is 17.3. The van der Waals surface area contributed by atoms with Crippen LogP contribution in [0.25, 0.3) is 0 Å². The van der Waals surface area contributed by atoms with Crippen molar-refractivity contribution in [3.8, 4) is 5.88 Å². The Bertz CT molecular complexity index is 732. The second-order valence-electron chi connectivity index (χ2n) is 5.91. The van der Waals surface area contributed by atoms with Crippen LogP contribution in [0.1, 0.15) is 40.4 Å². The van der Waals surface area contributed by atoms with Crippen molar-refractivity contribution in [3.05, 3.63) is 47.2 Å². The normalized spacial score (nSPS) is 16.1. The number of methoxy groups -OCH3 is 1. The molecule has 134 valence electrons. The number of nitrogens with zero attached hydrogens (tertiary/aromatic N) is 2. The molecule has 2 aromatic rings. The van der Waals surface area contributed by atoms with E-state index in [-0.39, 0.29) is 17.4 Å². The molecule has 0 unspecified atom stereocenters. The Hall–Kier alpha value is -2.51. The minimum absolute atomic E-state index is 0.146. The van der Waals surface area contributed by atoms with Gasteiger partial charge in [-0.3, -0.25) is 4.79 Å². The number of hydrogen-bond donors (Lipinski definition) is 0. The predicted octanol–water partition coefficient (Wildman–Crippen LogP) is 3.72. The van der Waals surface area contributed by atoms with Gasteiger partial charge < -0.3 is 14.2 Å². The van der Waals surface area contributed by atoms with Gasteiger partial charge in [-0.2, -0.15) is 13.2 Å². The average Bonchev–Trinajstić information content (AvgIpc) is 3.10. The van der Waals surface area contributed by atoms with Crippen LogP contribution < -0.4 is 4.74 Å². The zero-order valence-corrected chi connectivity index (χ0v) is 13.5. The van der Waals surface area contributed by atoms with Crippen molar-refractivity contribution in [1.29, 1.82) is 0 Å². The van der Waals surface area contributed by atoms with Crippen molar-refractivity contribution in [2.75, 3.05) is 20.2 Å². The highest BCUT2D eigenvalue weighted by Gasteiger charge is 2.31. The second kappa shape index (κ2) is 6.78. The molecule has 5 nitrogen and oxygen atoms in total. The molecule has 1 fully saturated rings. The molecule has 1 amide bonds. The van der Waals surface area contributed by atoms with Crippen LogP contribution in [0.5, 0.6) is 5.88 Å². The Morgan fingerprint density at radius 2 is 1.88 bits per heavy atom. The summed E-state index contributed by atoms with van der Waals surface area (Å²) in [6, 6.07) is 6.04. The Balaban J connectivity index is 1.61. The van der Waals surface area contributed by atoms with E-state index in [1.54, 1.807) is 11.0 Å². The molecule has 1 saturated heterocycles. The number of carbonyl (C=O) groups is 1. The van der Waals surface area contributed by atoms with Gasteiger partial charge in [-0.15, -0.1) is 0 Å². The maximum absolute atomic E-state index is 12.6. The van der Waals surface area contributed by atoms with Gasteiger partial charge in [0.2, 0.25) is 0 Å². The summed E-state index contributed by atoms with van der Waals surface area (Å²) in [7, 11) is 1.51. The molecule has 0 N–H and O–H groups in total. The van der Waals surface area contributed by atoms with Crippen molar-refractivity contribution < 1.29 is 27.2 Å². The minimum Gasteiger partial charge on any atom is -0.479 e. The Labute approximate surface area is 142 Å². The van der Waals surface area contributed by atoms with Crippen LogP contribution in [-0.2, 0) is 6.18 Å². The number of hydrogen-bond acceptors (Lipinski definition) is 4. The van der Waals surface area contributed by atoms with Gasteiger partial charge in [-0.1, -0.05) is 0 Å². The summed E-state index contributed by atoms with van der Waals surface area (Å²) in [5.41, 5.74) is -0.505. The smallest absolute Gasteiger partial charge is 0.416 e. The summed E-state index contributed by atoms with van der Waals surface area (Å²) in [6.07, 6.45) is -3.01. The monoisotopic (exact) mass is 354 g/mol. The molecule has 0 spiro atoms. The number of likely N-dealkylation sites (tertiary alicyclic amines) is 1. The van der Waals surface area contributed by atoms with Crippen molar-refractivity contribution in [1.82, 2.24) is 10.1 Å². The summed E-state index contributed by atoms with van der Waals surface area (Å²) < 4.78 is 48.0. The average molecular weight is 354 g/mol. The number of ether oxygens (including phenoxy) is 1. The highest BCUT2D eigenvalue weighted by atomic mass is 19.4. The van der Waals surface area contributed by atoms with Crippen LogP contribution in [0.15, 0.2) is 34.9 Å². The lowest BCUT2D eigenvalue weighted by molar-refractivity contribution is -0.137. The first-order valence-corrected chi connectivity index (χ1v) is 7.85. The van der Waals surface area contributed by atoms with Crippen LogP contribution in [0, 0.1) is 0 Å². The van der Waals surface area contributed by atoms with E-state index < -0.39 is 11.7 Å². The zero-order chi connectivity index (χ0) is 18.0. The number of halogens is 3. The fourth-order valence-electron chi connectivity index (χ4n) is 2.91. The van der Waals surface area contributed by atoms with E-state index in [0.29, 0.717) is 31.8 Å². The number of alkyl halides is 3. The number of aromatic nitrogens is 1. The topological polar surface area (TPSA) is 55.6 Å². The summed E-state index contributed by atoms with van der Waals surface area (Å²) in [5, 5.41) is 3.77. The summed E-state index contributed by atoms with van der Waals surface area (Å²) >= 11 is 0. The van der Waals surface area contributed by atoms with Crippen LogP contribution in [0.4, 0.5) is 13.2 Å². The summed E-state index contributed by atoms with van der Waals surface area (Å²) in [6.45, 7) is 1.01. The Morgan fingerprint density at radius 3 is 2.40 bits per heavy atom. The molecule has 0 atom stereocenters. The van der Waals surface area contributed by atoms with E-state index in [0.717, 1.165) is 17.9 Å². The largest absolute Gasteiger partial charge is 0.479 e. The summed E-state index contributed by atoms with van der Waals surface area (Å²) in [4.78, 5) is 14.1. The number of amides is 1. The van der Waals surface area contributed by atoms with E-state index in [4.69, 9.17) is 9.26 Å². The van der Waals surface area contributed by atoms with Crippen LogP contribution in [0.3, 0.4) is 0 Å². The molecule has 0 saturated carbocycles. The maximum Gasteiger partial charge on any atom is 0.416 e. The van der Waals surface area contributed by atoms with E-state index in [9.17, 15) is 18.0 Å². The maximum atomic E-state index is 12.6. The van der Waals surface area contributed by atoms with Gasteiger partial charge in [0.15, 0.2) is 0 Å². The van der Waals surface area contributed by atoms with Crippen molar-refractivity contribution in [2.24, 2.45) is 0 Å². The third kappa shape index (κ3) is 3.78. The van der Waals surface area contributed by atoms with Gasteiger partial charge in [-0.05, 0) is 42.3 Å². The first-order valence-electron chi connectivity index (χ1n) is 7.85. The quantitative estimate of drug-likeness (QED) is 0.843. The zero-order valence-electron chi connectivity index (χ0n) is 13.5. The lowest BCUT2D eigenvalue weighted by Crippen LogP contribution is -2.37. The van der Waals surface area contributed by atoms with Crippen molar-refractivity contribution >= 4 is 5.91 Å². The fraction of sp³-hybridized carbons (Fsp3) is 0.412. The van der Waals surface area contributed by atoms with Gasteiger partial charge in [0.25, 0.3) is 11.8 Å². The Kier molecular flexibility index (Phi) is 4.69. The minimum atomic E-state index is -4.40. The molecular formula is C17H17F3N2O3.